The van der Waals surface area contributed by atoms with Gasteiger partial charge in [0.25, 0.3) is 0 Å². The lowest BCUT2D eigenvalue weighted by molar-refractivity contribution is -0.140. The van der Waals surface area contributed by atoms with Gasteiger partial charge in [-0.2, -0.15) is 0 Å². The van der Waals surface area contributed by atoms with E-state index in [1.165, 1.54) is 16.0 Å². The number of allylic oxidation sites excluding steroid dienone is 2. The van der Waals surface area contributed by atoms with Crippen LogP contribution in [0.4, 0.5) is 0 Å². The molecule has 0 aromatic heterocycles. The fraction of sp³-hybridized carbons (Fsp3) is 0.577. The average Bonchev–Trinajstić information content (AvgIpc) is 3.53. The van der Waals surface area contributed by atoms with Crippen LogP contribution in [-0.2, 0) is 22.6 Å². The molecule has 0 spiro atoms. The van der Waals surface area contributed by atoms with Crippen molar-refractivity contribution in [3.63, 3.8) is 0 Å². The van der Waals surface area contributed by atoms with E-state index in [-0.39, 0.29) is 59.5 Å². The van der Waals surface area contributed by atoms with Crippen molar-refractivity contribution in [1.29, 1.82) is 0 Å². The minimum atomic E-state index is -0.120. The van der Waals surface area contributed by atoms with E-state index in [0.717, 1.165) is 38.9 Å². The summed E-state index contributed by atoms with van der Waals surface area (Å²) in [6, 6.07) is 9.14. The van der Waals surface area contributed by atoms with Crippen LogP contribution in [0.25, 0.3) is 0 Å². The normalized spacial score (nSPS) is 28.5. The number of benzene rings is 1. The van der Waals surface area contributed by atoms with Crippen LogP contribution in [0.5, 0.6) is 0 Å². The molecule has 7 nitrogen and oxygen atoms in total. The zero-order valence-electron chi connectivity index (χ0n) is 20.1. The zero-order chi connectivity index (χ0) is 22.9. The van der Waals surface area contributed by atoms with Crippen molar-refractivity contribution in [3.8, 4) is 0 Å². The van der Waals surface area contributed by atoms with Gasteiger partial charge in [-0.25, -0.2) is 0 Å². The molecule has 2 fully saturated rings. The third-order valence-electron chi connectivity index (χ3n) is 8.07. The van der Waals surface area contributed by atoms with Crippen LogP contribution in [0.2, 0.25) is 0 Å². The van der Waals surface area contributed by atoms with E-state index >= 15 is 0 Å². The molecule has 2 aliphatic carbocycles. The number of imide groups is 1. The summed E-state index contributed by atoms with van der Waals surface area (Å²) in [6.07, 6.45) is 7.39. The highest BCUT2D eigenvalue weighted by molar-refractivity contribution is 14.0. The van der Waals surface area contributed by atoms with Crippen molar-refractivity contribution < 1.29 is 9.59 Å². The van der Waals surface area contributed by atoms with Crippen LogP contribution in [0.1, 0.15) is 30.9 Å². The molecule has 2 heterocycles. The Bertz CT molecular complexity index is 950. The van der Waals surface area contributed by atoms with E-state index in [0.29, 0.717) is 25.1 Å². The van der Waals surface area contributed by atoms with E-state index < -0.39 is 0 Å². The lowest BCUT2D eigenvalue weighted by Crippen LogP contribution is -2.49. The minimum absolute atomic E-state index is 0. The fourth-order valence-electron chi connectivity index (χ4n) is 6.27. The number of likely N-dealkylation sites (tertiary alicyclic amines) is 1. The first kappa shape index (κ1) is 25.2. The third-order valence-corrected chi connectivity index (χ3v) is 8.07. The number of aliphatic imine (C=N–C) groups is 1. The van der Waals surface area contributed by atoms with Gasteiger partial charge in [-0.1, -0.05) is 43.3 Å². The first-order valence-corrected chi connectivity index (χ1v) is 12.4. The van der Waals surface area contributed by atoms with E-state index in [2.05, 4.69) is 63.9 Å². The number of amides is 2. The van der Waals surface area contributed by atoms with Crippen LogP contribution >= 0.6 is 24.0 Å². The summed E-state index contributed by atoms with van der Waals surface area (Å²) in [5.41, 5.74) is 2.89. The zero-order valence-corrected chi connectivity index (χ0v) is 22.4. The van der Waals surface area contributed by atoms with Crippen molar-refractivity contribution >= 4 is 41.8 Å². The number of rotatable bonds is 7. The topological polar surface area (TPSA) is 77.0 Å². The van der Waals surface area contributed by atoms with Crippen LogP contribution < -0.4 is 10.6 Å². The second-order valence-corrected chi connectivity index (χ2v) is 9.76. The van der Waals surface area contributed by atoms with E-state index in [1.807, 2.05) is 0 Å². The molecule has 2 N–H and O–H groups in total. The SMILES string of the molecule is CCC(CNC(=NC)NCCN1C(=O)C2C3C=CC(C3)C2C1=O)N1CCc2ccccc2C1.I. The summed E-state index contributed by atoms with van der Waals surface area (Å²) in [7, 11) is 1.76. The van der Waals surface area contributed by atoms with Crippen LogP contribution in [0, 0.1) is 23.7 Å². The number of nitrogens with one attached hydrogen (secondary N) is 2. The van der Waals surface area contributed by atoms with Gasteiger partial charge in [0.15, 0.2) is 5.96 Å². The smallest absolute Gasteiger partial charge is 0.233 e. The number of carbonyl (C=O) groups is 2. The molecular formula is C26H36IN5O2. The average molecular weight is 578 g/mol. The van der Waals surface area contributed by atoms with Crippen molar-refractivity contribution in [2.45, 2.75) is 38.8 Å². The van der Waals surface area contributed by atoms with Crippen molar-refractivity contribution in [2.24, 2.45) is 28.7 Å². The molecule has 2 amide bonds. The number of hydrogen-bond acceptors (Lipinski definition) is 4. The Hall–Kier alpha value is -1.94. The maximum absolute atomic E-state index is 12.8. The van der Waals surface area contributed by atoms with Gasteiger partial charge < -0.3 is 10.6 Å². The summed E-state index contributed by atoms with van der Waals surface area (Å²) in [6.45, 7) is 5.99. The monoisotopic (exact) mass is 577 g/mol. The molecule has 2 aliphatic heterocycles. The Morgan fingerprint density at radius 1 is 1.09 bits per heavy atom. The minimum Gasteiger partial charge on any atom is -0.355 e. The molecule has 184 valence electrons. The predicted molar refractivity (Wildman–Crippen MR) is 144 cm³/mol. The van der Waals surface area contributed by atoms with E-state index in [9.17, 15) is 9.59 Å². The standard InChI is InChI=1S/C26H35N5O2.HI/c1-3-21(30-12-10-17-6-4-5-7-20(17)16-30)15-29-26(27-2)28-11-13-31-24(32)22-18-8-9-19(14-18)23(22)25(31)33;/h4-9,18-19,21-23H,3,10-16H2,1-2H3,(H2,27,28,29);1H. The van der Waals surface area contributed by atoms with Gasteiger partial charge in [-0.15, -0.1) is 24.0 Å². The maximum Gasteiger partial charge on any atom is 0.233 e. The van der Waals surface area contributed by atoms with Gasteiger partial charge in [0.2, 0.25) is 11.8 Å². The lowest BCUT2D eigenvalue weighted by atomic mass is 9.85. The molecule has 1 aromatic rings. The van der Waals surface area contributed by atoms with Crippen molar-refractivity contribution in [3.05, 3.63) is 47.5 Å². The van der Waals surface area contributed by atoms with Gasteiger partial charge in [-0.3, -0.25) is 24.4 Å². The molecule has 0 radical (unpaired) electrons. The Labute approximate surface area is 219 Å². The Kier molecular flexibility index (Phi) is 7.97. The molecule has 8 heteroatoms. The summed E-state index contributed by atoms with van der Waals surface area (Å²) >= 11 is 0. The van der Waals surface area contributed by atoms with Gasteiger partial charge in [-0.05, 0) is 42.2 Å². The largest absolute Gasteiger partial charge is 0.355 e. The second-order valence-electron chi connectivity index (χ2n) is 9.76. The number of carbonyl (C=O) groups excluding carboxylic acids is 2. The number of fused-ring (bicyclic) bond motifs is 6. The van der Waals surface area contributed by atoms with E-state index in [4.69, 9.17) is 0 Å². The predicted octanol–water partition coefficient (Wildman–Crippen LogP) is 2.41. The second kappa shape index (κ2) is 10.8. The first-order valence-electron chi connectivity index (χ1n) is 12.4. The van der Waals surface area contributed by atoms with Gasteiger partial charge in [0.05, 0.1) is 11.8 Å². The molecule has 5 unspecified atom stereocenters. The first-order chi connectivity index (χ1) is 16.1. The number of halogens is 1. The summed E-state index contributed by atoms with van der Waals surface area (Å²) < 4.78 is 0. The molecule has 1 aromatic carbocycles. The molecule has 1 saturated carbocycles. The number of hydrogen-bond donors (Lipinski definition) is 2. The summed E-state index contributed by atoms with van der Waals surface area (Å²) in [5, 5.41) is 6.75. The van der Waals surface area contributed by atoms with Crippen LogP contribution in [0.15, 0.2) is 41.4 Å². The summed E-state index contributed by atoms with van der Waals surface area (Å²) in [4.78, 5) is 34.0. The number of nitrogens with zero attached hydrogens (tertiary/aromatic N) is 3. The maximum atomic E-state index is 12.8. The van der Waals surface area contributed by atoms with Crippen molar-refractivity contribution in [1.82, 2.24) is 20.4 Å². The van der Waals surface area contributed by atoms with E-state index in [1.54, 1.807) is 7.05 Å². The van der Waals surface area contributed by atoms with Gasteiger partial charge in [0.1, 0.15) is 0 Å². The summed E-state index contributed by atoms with van der Waals surface area (Å²) in [5.74, 6) is 1.03. The Morgan fingerprint density at radius 2 is 1.76 bits per heavy atom. The van der Waals surface area contributed by atoms with Gasteiger partial charge in [0, 0.05) is 45.8 Å². The Balaban J connectivity index is 0.00000274. The Morgan fingerprint density at radius 3 is 2.41 bits per heavy atom. The molecule has 4 aliphatic rings. The lowest BCUT2D eigenvalue weighted by Gasteiger charge is -2.35. The molecule has 2 bridgehead atoms. The molecule has 34 heavy (non-hydrogen) atoms. The van der Waals surface area contributed by atoms with Crippen molar-refractivity contribution in [2.75, 3.05) is 33.2 Å². The molecular weight excluding hydrogens is 541 g/mol. The fourth-order valence-corrected chi connectivity index (χ4v) is 6.27. The van der Waals surface area contributed by atoms with Crippen LogP contribution in [-0.4, -0.2) is 66.8 Å². The highest BCUT2D eigenvalue weighted by Crippen LogP contribution is 2.52. The number of guanidine groups is 1. The highest BCUT2D eigenvalue weighted by atomic mass is 127. The van der Waals surface area contributed by atoms with Crippen LogP contribution in [0.3, 0.4) is 0 Å². The van der Waals surface area contributed by atoms with Gasteiger partial charge >= 0.3 is 0 Å². The molecule has 5 atom stereocenters. The molecule has 1 saturated heterocycles. The molecule has 5 rings (SSSR count). The third kappa shape index (κ3) is 4.63. The quantitative estimate of drug-likeness (QED) is 0.171. The highest BCUT2D eigenvalue weighted by Gasteiger charge is 2.58.